The highest BCUT2D eigenvalue weighted by Crippen LogP contribution is 2.37. The number of nitrogens with two attached hydrogens (primary N) is 1. The normalized spacial score (nSPS) is 18.5. The Morgan fingerprint density at radius 3 is 2.78 bits per heavy atom. The molecule has 0 aliphatic carbocycles. The molecule has 92 valence electrons. The van der Waals surface area contributed by atoms with Crippen LogP contribution < -0.4 is 10.6 Å². The fourth-order valence-electron chi connectivity index (χ4n) is 2.47. The van der Waals surface area contributed by atoms with Crippen LogP contribution in [0.15, 0.2) is 36.4 Å². The summed E-state index contributed by atoms with van der Waals surface area (Å²) in [5, 5.41) is 8.11. The van der Waals surface area contributed by atoms with Gasteiger partial charge in [0.2, 0.25) is 0 Å². The molecule has 0 amide bonds. The number of hydrogen-bond acceptors (Lipinski definition) is 4. The minimum atomic E-state index is 0.456. The lowest BCUT2D eigenvalue weighted by molar-refractivity contribution is 0.644. The number of anilines is 3. The number of aromatic nitrogens is 2. The smallest absolute Gasteiger partial charge is 0.155 e. The molecule has 0 saturated heterocycles. The summed E-state index contributed by atoms with van der Waals surface area (Å²) < 4.78 is 0. The van der Waals surface area contributed by atoms with Crippen LogP contribution in [0.25, 0.3) is 0 Å². The second-order valence-corrected chi connectivity index (χ2v) is 4.72. The lowest BCUT2D eigenvalue weighted by Crippen LogP contribution is -2.27. The Hall–Kier alpha value is -2.10. The molecule has 0 spiro atoms. The minimum Gasteiger partial charge on any atom is -0.382 e. The van der Waals surface area contributed by atoms with E-state index < -0.39 is 0 Å². The first kappa shape index (κ1) is 11.0. The average molecular weight is 240 g/mol. The van der Waals surface area contributed by atoms with Gasteiger partial charge in [0.1, 0.15) is 5.82 Å². The van der Waals surface area contributed by atoms with E-state index >= 15 is 0 Å². The van der Waals surface area contributed by atoms with Crippen LogP contribution >= 0.6 is 0 Å². The highest BCUT2D eigenvalue weighted by molar-refractivity contribution is 5.66. The molecule has 4 nitrogen and oxygen atoms in total. The summed E-state index contributed by atoms with van der Waals surface area (Å²) in [6.45, 7) is 3.24. The van der Waals surface area contributed by atoms with Crippen LogP contribution in [-0.4, -0.2) is 16.7 Å². The second-order valence-electron chi connectivity index (χ2n) is 4.72. The molecule has 1 aromatic heterocycles. The minimum absolute atomic E-state index is 0.456. The number of nitrogens with zero attached hydrogens (tertiary/aromatic N) is 3. The summed E-state index contributed by atoms with van der Waals surface area (Å²) in [4.78, 5) is 2.21. The van der Waals surface area contributed by atoms with Gasteiger partial charge in [0.05, 0.1) is 0 Å². The third kappa shape index (κ3) is 1.79. The van der Waals surface area contributed by atoms with Gasteiger partial charge in [-0.1, -0.05) is 25.1 Å². The third-order valence-corrected chi connectivity index (χ3v) is 3.49. The molecule has 0 saturated carbocycles. The van der Waals surface area contributed by atoms with E-state index in [1.807, 2.05) is 6.07 Å². The van der Waals surface area contributed by atoms with Crippen LogP contribution in [0.1, 0.15) is 24.8 Å². The van der Waals surface area contributed by atoms with Gasteiger partial charge in [-0.05, 0) is 36.1 Å². The topological polar surface area (TPSA) is 55.0 Å². The number of nitrogen functional groups attached to an aromatic ring is 1. The van der Waals surface area contributed by atoms with Crippen molar-refractivity contribution in [2.75, 3.05) is 17.2 Å². The van der Waals surface area contributed by atoms with Gasteiger partial charge in [0, 0.05) is 12.2 Å². The molecule has 2 N–H and O–H groups in total. The van der Waals surface area contributed by atoms with E-state index in [1.54, 1.807) is 6.07 Å². The van der Waals surface area contributed by atoms with Gasteiger partial charge in [0.25, 0.3) is 0 Å². The van der Waals surface area contributed by atoms with Gasteiger partial charge < -0.3 is 10.6 Å². The molecule has 1 aliphatic heterocycles. The lowest BCUT2D eigenvalue weighted by Gasteiger charge is -2.33. The Labute approximate surface area is 106 Å². The Bertz CT molecular complexity index is 550. The van der Waals surface area contributed by atoms with E-state index in [-0.39, 0.29) is 0 Å². The summed E-state index contributed by atoms with van der Waals surface area (Å²) >= 11 is 0. The zero-order valence-corrected chi connectivity index (χ0v) is 10.4. The van der Waals surface area contributed by atoms with Crippen molar-refractivity contribution >= 4 is 17.3 Å². The number of rotatable bonds is 1. The molecule has 0 fully saturated rings. The molecule has 1 unspecified atom stereocenters. The van der Waals surface area contributed by atoms with Crippen LogP contribution in [0.2, 0.25) is 0 Å². The molecule has 1 atom stereocenters. The zero-order chi connectivity index (χ0) is 12.5. The Kier molecular flexibility index (Phi) is 2.63. The van der Waals surface area contributed by atoms with Gasteiger partial charge in [-0.3, -0.25) is 0 Å². The molecular formula is C14H16N4. The maximum Gasteiger partial charge on any atom is 0.155 e. The quantitative estimate of drug-likeness (QED) is 0.832. The molecule has 0 radical (unpaired) electrons. The Balaban J connectivity index is 2.04. The SMILES string of the molecule is CC1CCN(c2ccc(N)nn2)c2ccccc21. The summed E-state index contributed by atoms with van der Waals surface area (Å²) in [6.07, 6.45) is 1.13. The van der Waals surface area contributed by atoms with E-state index in [1.165, 1.54) is 11.3 Å². The first-order valence-corrected chi connectivity index (χ1v) is 6.21. The third-order valence-electron chi connectivity index (χ3n) is 3.49. The molecule has 2 aromatic rings. The van der Waals surface area contributed by atoms with Crippen molar-refractivity contribution in [3.63, 3.8) is 0 Å². The van der Waals surface area contributed by atoms with Crippen molar-refractivity contribution in [2.24, 2.45) is 0 Å². The molecule has 2 heterocycles. The summed E-state index contributed by atoms with van der Waals surface area (Å²) in [6, 6.07) is 12.2. The maximum atomic E-state index is 5.58. The second kappa shape index (κ2) is 4.29. The summed E-state index contributed by atoms with van der Waals surface area (Å²) in [5.41, 5.74) is 8.19. The predicted octanol–water partition coefficient (Wildman–Crippen LogP) is 2.70. The highest BCUT2D eigenvalue weighted by atomic mass is 15.3. The molecular weight excluding hydrogens is 224 g/mol. The lowest BCUT2D eigenvalue weighted by atomic mass is 9.91. The van der Waals surface area contributed by atoms with Crippen LogP contribution in [-0.2, 0) is 0 Å². The first-order chi connectivity index (χ1) is 8.75. The average Bonchev–Trinajstić information content (AvgIpc) is 2.41. The van der Waals surface area contributed by atoms with Gasteiger partial charge in [-0.2, -0.15) is 0 Å². The molecule has 18 heavy (non-hydrogen) atoms. The van der Waals surface area contributed by atoms with Crippen molar-refractivity contribution in [3.8, 4) is 0 Å². The van der Waals surface area contributed by atoms with Gasteiger partial charge in [-0.25, -0.2) is 0 Å². The van der Waals surface area contributed by atoms with Crippen molar-refractivity contribution < 1.29 is 0 Å². The van der Waals surface area contributed by atoms with E-state index in [2.05, 4.69) is 46.3 Å². The molecule has 0 bridgehead atoms. The maximum absolute atomic E-state index is 5.58. The monoisotopic (exact) mass is 240 g/mol. The van der Waals surface area contributed by atoms with Gasteiger partial charge in [0.15, 0.2) is 5.82 Å². The fraction of sp³-hybridized carbons (Fsp3) is 0.286. The zero-order valence-electron chi connectivity index (χ0n) is 10.4. The van der Waals surface area contributed by atoms with E-state index in [4.69, 9.17) is 5.73 Å². The van der Waals surface area contributed by atoms with E-state index in [0.29, 0.717) is 11.7 Å². The number of hydrogen-bond donors (Lipinski definition) is 1. The standard InChI is InChI=1S/C14H16N4/c1-10-8-9-18(12-5-3-2-4-11(10)12)14-7-6-13(15)16-17-14/h2-7,10H,8-9H2,1H3,(H2,15,16). The molecule has 1 aliphatic rings. The van der Waals surface area contributed by atoms with Crippen molar-refractivity contribution in [1.29, 1.82) is 0 Å². The number of fused-ring (bicyclic) bond motifs is 1. The van der Waals surface area contributed by atoms with E-state index in [0.717, 1.165) is 18.8 Å². The predicted molar refractivity (Wildman–Crippen MR) is 72.9 cm³/mol. The number of para-hydroxylation sites is 1. The summed E-state index contributed by atoms with van der Waals surface area (Å²) in [7, 11) is 0. The Morgan fingerprint density at radius 2 is 2.00 bits per heavy atom. The highest BCUT2D eigenvalue weighted by Gasteiger charge is 2.23. The van der Waals surface area contributed by atoms with Crippen molar-refractivity contribution in [2.45, 2.75) is 19.3 Å². The number of benzene rings is 1. The first-order valence-electron chi connectivity index (χ1n) is 6.21. The molecule has 3 rings (SSSR count). The van der Waals surface area contributed by atoms with Gasteiger partial charge in [-0.15, -0.1) is 10.2 Å². The Morgan fingerprint density at radius 1 is 1.17 bits per heavy atom. The largest absolute Gasteiger partial charge is 0.382 e. The molecule has 4 heteroatoms. The van der Waals surface area contributed by atoms with Crippen molar-refractivity contribution in [1.82, 2.24) is 10.2 Å². The van der Waals surface area contributed by atoms with Crippen LogP contribution in [0, 0.1) is 0 Å². The van der Waals surface area contributed by atoms with E-state index in [9.17, 15) is 0 Å². The van der Waals surface area contributed by atoms with Crippen LogP contribution in [0.4, 0.5) is 17.3 Å². The van der Waals surface area contributed by atoms with Gasteiger partial charge >= 0.3 is 0 Å². The van der Waals surface area contributed by atoms with Crippen LogP contribution in [0.3, 0.4) is 0 Å². The van der Waals surface area contributed by atoms with Crippen molar-refractivity contribution in [3.05, 3.63) is 42.0 Å². The summed E-state index contributed by atoms with van der Waals surface area (Å²) in [5.74, 6) is 1.92. The fourth-order valence-corrected chi connectivity index (χ4v) is 2.47. The molecule has 1 aromatic carbocycles. The van der Waals surface area contributed by atoms with Crippen LogP contribution in [0.5, 0.6) is 0 Å².